The molecule has 5 N–H and O–H groups in total. The van der Waals surface area contributed by atoms with Crippen LogP contribution in [-0.4, -0.2) is 42.7 Å². The van der Waals surface area contributed by atoms with Gasteiger partial charge in [-0.15, -0.1) is 0 Å². The van der Waals surface area contributed by atoms with Crippen molar-refractivity contribution in [3.05, 3.63) is 64.3 Å². The molecule has 4 aromatic heterocycles. The first-order chi connectivity index (χ1) is 18.2. The number of ether oxygens (including phenoxy) is 1. The van der Waals surface area contributed by atoms with Gasteiger partial charge < -0.3 is 30.5 Å². The highest BCUT2D eigenvalue weighted by atomic mass is 16.5. The van der Waals surface area contributed by atoms with Crippen LogP contribution in [0.2, 0.25) is 0 Å². The van der Waals surface area contributed by atoms with Crippen molar-refractivity contribution in [3.63, 3.8) is 0 Å². The largest absolute Gasteiger partial charge is 0.494 e. The summed E-state index contributed by atoms with van der Waals surface area (Å²) in [5, 5.41) is 10.5. The zero-order valence-electron chi connectivity index (χ0n) is 21.1. The standard InChI is InChI=1S/C25H25N9O4/c1-12(2)34-11-14(9-28-34)29-25-27-10-16(21(26)36)22(33-25)30-17-7-5-6-15(20(17)37-4)24-32-23-19(38-24)13(3)8-18(35)31-23/h5-12H,1-4H3,(H2,26,36)(H,31,35)(H2,27,29,30,33). The van der Waals surface area contributed by atoms with Gasteiger partial charge in [0.1, 0.15) is 11.4 Å². The summed E-state index contributed by atoms with van der Waals surface area (Å²) in [7, 11) is 1.49. The van der Waals surface area contributed by atoms with Crippen LogP contribution in [0.5, 0.6) is 5.75 Å². The van der Waals surface area contributed by atoms with Crippen LogP contribution < -0.4 is 26.7 Å². The number of oxazole rings is 1. The zero-order chi connectivity index (χ0) is 27.0. The maximum atomic E-state index is 12.1. The molecule has 0 aliphatic rings. The summed E-state index contributed by atoms with van der Waals surface area (Å²) in [4.78, 5) is 39.8. The molecule has 0 aliphatic carbocycles. The van der Waals surface area contributed by atoms with E-state index in [0.29, 0.717) is 39.5 Å². The topological polar surface area (TPSA) is 179 Å². The number of rotatable bonds is 8. The Bertz CT molecular complexity index is 1720. The second-order valence-corrected chi connectivity index (χ2v) is 8.77. The zero-order valence-corrected chi connectivity index (χ0v) is 21.1. The third kappa shape index (κ3) is 4.64. The number of fused-ring (bicyclic) bond motifs is 1. The number of amides is 1. The maximum absolute atomic E-state index is 12.1. The predicted molar refractivity (Wildman–Crippen MR) is 141 cm³/mol. The van der Waals surface area contributed by atoms with E-state index in [9.17, 15) is 9.59 Å². The Labute approximate surface area is 216 Å². The lowest BCUT2D eigenvalue weighted by Gasteiger charge is -2.15. The van der Waals surface area contributed by atoms with Gasteiger partial charge in [-0.1, -0.05) is 6.07 Å². The summed E-state index contributed by atoms with van der Waals surface area (Å²) >= 11 is 0. The van der Waals surface area contributed by atoms with Crippen molar-refractivity contribution >= 4 is 40.3 Å². The fourth-order valence-corrected chi connectivity index (χ4v) is 3.89. The first kappa shape index (κ1) is 24.5. The van der Waals surface area contributed by atoms with Crippen molar-refractivity contribution in [2.24, 2.45) is 5.73 Å². The van der Waals surface area contributed by atoms with Crippen LogP contribution >= 0.6 is 0 Å². The molecule has 0 bridgehead atoms. The number of carbonyl (C=O) groups is 1. The van der Waals surface area contributed by atoms with E-state index in [1.54, 1.807) is 36.0 Å². The van der Waals surface area contributed by atoms with Crippen LogP contribution in [0.25, 0.3) is 22.7 Å². The molecule has 13 nitrogen and oxygen atoms in total. The Morgan fingerprint density at radius 3 is 2.74 bits per heavy atom. The monoisotopic (exact) mass is 515 g/mol. The summed E-state index contributed by atoms with van der Waals surface area (Å²) in [6.45, 7) is 5.79. The molecule has 1 amide bonds. The van der Waals surface area contributed by atoms with E-state index in [0.717, 1.165) is 0 Å². The first-order valence-electron chi connectivity index (χ1n) is 11.7. The van der Waals surface area contributed by atoms with Gasteiger partial charge in [0.25, 0.3) is 5.91 Å². The lowest BCUT2D eigenvalue weighted by molar-refractivity contribution is 0.100. The smallest absolute Gasteiger partial charge is 0.254 e. The molecule has 1 aromatic carbocycles. The van der Waals surface area contributed by atoms with Gasteiger partial charge in [0.05, 0.1) is 30.2 Å². The average Bonchev–Trinajstić information content (AvgIpc) is 3.51. The number of hydrogen-bond acceptors (Lipinski definition) is 10. The van der Waals surface area contributed by atoms with Crippen LogP contribution in [0.1, 0.15) is 35.8 Å². The van der Waals surface area contributed by atoms with Gasteiger partial charge in [0.15, 0.2) is 17.0 Å². The Kier molecular flexibility index (Phi) is 6.24. The minimum atomic E-state index is -0.708. The van der Waals surface area contributed by atoms with E-state index >= 15 is 0 Å². The number of para-hydroxylation sites is 1. The SMILES string of the molecule is COc1c(Nc2nc(Nc3cnn(C(C)C)c3)ncc2C(N)=O)cccc1-c1nc2[nH]c(=O)cc(C)c2o1. The van der Waals surface area contributed by atoms with Crippen molar-refractivity contribution in [3.8, 4) is 17.2 Å². The van der Waals surface area contributed by atoms with E-state index in [4.69, 9.17) is 14.9 Å². The van der Waals surface area contributed by atoms with E-state index in [1.165, 1.54) is 19.4 Å². The van der Waals surface area contributed by atoms with E-state index in [2.05, 4.69) is 35.7 Å². The van der Waals surface area contributed by atoms with Crippen LogP contribution in [0.15, 0.2) is 52.1 Å². The van der Waals surface area contributed by atoms with Crippen LogP contribution in [0.3, 0.4) is 0 Å². The Morgan fingerprint density at radius 2 is 2.03 bits per heavy atom. The number of hydrogen-bond donors (Lipinski definition) is 4. The highest BCUT2D eigenvalue weighted by Crippen LogP contribution is 2.38. The molecule has 0 spiro atoms. The number of nitrogens with zero attached hydrogens (tertiary/aromatic N) is 5. The number of nitrogens with one attached hydrogen (secondary N) is 3. The van der Waals surface area contributed by atoms with Crippen LogP contribution in [0.4, 0.5) is 23.1 Å². The van der Waals surface area contributed by atoms with Gasteiger partial charge in [0, 0.05) is 30.1 Å². The predicted octanol–water partition coefficient (Wildman–Crippen LogP) is 3.65. The molecule has 0 fully saturated rings. The number of H-pyrrole nitrogens is 1. The Hall–Kier alpha value is -5.20. The molecule has 0 atom stereocenters. The average molecular weight is 516 g/mol. The van der Waals surface area contributed by atoms with Gasteiger partial charge in [-0.3, -0.25) is 14.3 Å². The maximum Gasteiger partial charge on any atom is 0.254 e. The third-order valence-electron chi connectivity index (χ3n) is 5.72. The van der Waals surface area contributed by atoms with Crippen molar-refractivity contribution in [2.75, 3.05) is 17.7 Å². The van der Waals surface area contributed by atoms with E-state index < -0.39 is 5.91 Å². The van der Waals surface area contributed by atoms with Crippen LogP contribution in [0, 0.1) is 6.92 Å². The lowest BCUT2D eigenvalue weighted by atomic mass is 10.1. The Morgan fingerprint density at radius 1 is 1.21 bits per heavy atom. The number of pyridine rings is 1. The second kappa shape index (κ2) is 9.69. The van der Waals surface area contributed by atoms with Gasteiger partial charge in [0.2, 0.25) is 17.4 Å². The molecule has 38 heavy (non-hydrogen) atoms. The van der Waals surface area contributed by atoms with Crippen molar-refractivity contribution < 1.29 is 13.9 Å². The van der Waals surface area contributed by atoms with Gasteiger partial charge >= 0.3 is 0 Å². The fraction of sp³-hybridized carbons (Fsp3) is 0.200. The number of methoxy groups -OCH3 is 1. The number of primary amides is 1. The molecule has 0 aliphatic heterocycles. The molecule has 194 valence electrons. The van der Waals surface area contributed by atoms with Crippen LogP contribution in [-0.2, 0) is 0 Å². The normalized spacial score (nSPS) is 11.2. The lowest BCUT2D eigenvalue weighted by Crippen LogP contribution is -2.16. The fourth-order valence-electron chi connectivity index (χ4n) is 3.89. The number of nitrogens with two attached hydrogens (primary N) is 1. The number of aryl methyl sites for hydroxylation is 1. The van der Waals surface area contributed by atoms with Gasteiger partial charge in [-0.25, -0.2) is 4.98 Å². The van der Waals surface area contributed by atoms with Crippen molar-refractivity contribution in [1.82, 2.24) is 29.7 Å². The molecule has 13 heteroatoms. The number of benzene rings is 1. The van der Waals surface area contributed by atoms with Gasteiger partial charge in [-0.2, -0.15) is 15.1 Å². The minimum Gasteiger partial charge on any atom is -0.494 e. The summed E-state index contributed by atoms with van der Waals surface area (Å²) in [5.74, 6) is 0.308. The molecule has 0 saturated carbocycles. The Balaban J connectivity index is 1.52. The number of aromatic amines is 1. The highest BCUT2D eigenvalue weighted by molar-refractivity contribution is 5.98. The summed E-state index contributed by atoms with van der Waals surface area (Å²) < 4.78 is 13.4. The molecule has 0 radical (unpaired) electrons. The summed E-state index contributed by atoms with van der Waals surface area (Å²) in [6.07, 6.45) is 4.81. The quantitative estimate of drug-likeness (QED) is 0.238. The molecular formula is C25H25N9O4. The van der Waals surface area contributed by atoms with Crippen molar-refractivity contribution in [2.45, 2.75) is 26.8 Å². The van der Waals surface area contributed by atoms with E-state index in [-0.39, 0.29) is 34.8 Å². The number of carbonyl (C=O) groups excluding carboxylic acids is 1. The number of anilines is 4. The molecule has 0 saturated heterocycles. The molecule has 5 rings (SSSR count). The van der Waals surface area contributed by atoms with E-state index in [1.807, 2.05) is 20.0 Å². The highest BCUT2D eigenvalue weighted by Gasteiger charge is 2.20. The summed E-state index contributed by atoms with van der Waals surface area (Å²) in [5.41, 5.74) is 8.50. The third-order valence-corrected chi connectivity index (χ3v) is 5.72. The minimum absolute atomic E-state index is 0.0796. The molecular weight excluding hydrogens is 490 g/mol. The second-order valence-electron chi connectivity index (χ2n) is 8.77. The molecule has 4 heterocycles. The first-order valence-corrected chi connectivity index (χ1v) is 11.7. The number of aromatic nitrogens is 6. The van der Waals surface area contributed by atoms with Crippen molar-refractivity contribution in [1.29, 1.82) is 0 Å². The summed E-state index contributed by atoms with van der Waals surface area (Å²) in [6, 6.07) is 6.88. The molecule has 5 aromatic rings. The van der Waals surface area contributed by atoms with Gasteiger partial charge in [-0.05, 0) is 32.9 Å². The molecule has 0 unspecified atom stereocenters.